The highest BCUT2D eigenvalue weighted by Crippen LogP contribution is 2.53. The van der Waals surface area contributed by atoms with E-state index in [1.54, 1.807) is 0 Å². The smallest absolute Gasteiger partial charge is 0.312 e. The summed E-state index contributed by atoms with van der Waals surface area (Å²) < 4.78 is 21.4. The first-order valence-electron chi connectivity index (χ1n) is 7.76. The van der Waals surface area contributed by atoms with Gasteiger partial charge in [-0.15, -0.1) is 0 Å². The largest absolute Gasteiger partial charge is 0.469 e. The van der Waals surface area contributed by atoms with Crippen LogP contribution in [0.1, 0.15) is 5.56 Å². The third kappa shape index (κ3) is 2.04. The van der Waals surface area contributed by atoms with Crippen molar-refractivity contribution in [1.29, 1.82) is 0 Å². The molecule has 0 spiro atoms. The van der Waals surface area contributed by atoms with Crippen molar-refractivity contribution in [2.75, 3.05) is 14.2 Å². The van der Waals surface area contributed by atoms with Crippen LogP contribution < -0.4 is 0 Å². The fourth-order valence-electron chi connectivity index (χ4n) is 3.95. The number of nitrogens with zero attached hydrogens (tertiary/aromatic N) is 1. The summed E-state index contributed by atoms with van der Waals surface area (Å²) in [5, 5.41) is 0. The molecule has 0 unspecified atom stereocenters. The Morgan fingerprint density at radius 2 is 1.71 bits per heavy atom. The Morgan fingerprint density at radius 3 is 2.38 bits per heavy atom. The van der Waals surface area contributed by atoms with E-state index in [4.69, 9.17) is 18.9 Å². The van der Waals surface area contributed by atoms with Crippen LogP contribution in [-0.4, -0.2) is 50.5 Å². The zero-order valence-electron chi connectivity index (χ0n) is 13.2. The fraction of sp³-hybridized carbons (Fsp3) is 0.471. The van der Waals surface area contributed by atoms with Gasteiger partial charge in [0.1, 0.15) is 0 Å². The highest BCUT2D eigenvalue weighted by molar-refractivity contribution is 5.95. The molecule has 1 saturated carbocycles. The van der Waals surface area contributed by atoms with Crippen LogP contribution in [0, 0.1) is 17.8 Å². The Labute approximate surface area is 138 Å². The van der Waals surface area contributed by atoms with Crippen LogP contribution in [0.25, 0.3) is 0 Å². The fourth-order valence-corrected chi connectivity index (χ4v) is 3.95. The highest BCUT2D eigenvalue weighted by atomic mass is 16.7. The van der Waals surface area contributed by atoms with Crippen molar-refractivity contribution in [3.63, 3.8) is 0 Å². The number of methoxy groups -OCH3 is 2. The molecule has 4 rings (SSSR count). The number of hydrogen-bond acceptors (Lipinski definition) is 7. The minimum Gasteiger partial charge on any atom is -0.469 e. The van der Waals surface area contributed by atoms with Crippen molar-refractivity contribution in [2.45, 2.75) is 18.4 Å². The van der Waals surface area contributed by atoms with E-state index >= 15 is 0 Å². The number of hydrogen-bond donors (Lipinski definition) is 0. The third-order valence-corrected chi connectivity index (χ3v) is 4.95. The van der Waals surface area contributed by atoms with E-state index in [0.29, 0.717) is 5.90 Å². The summed E-state index contributed by atoms with van der Waals surface area (Å²) in [5.41, 5.74) is 0.835. The molecular formula is C17H17NO6. The van der Waals surface area contributed by atoms with Gasteiger partial charge in [-0.25, -0.2) is 4.99 Å². The average Bonchev–Trinajstić information content (AvgIpc) is 3.06. The van der Waals surface area contributed by atoms with Crippen molar-refractivity contribution in [2.24, 2.45) is 22.7 Å². The normalized spacial score (nSPS) is 35.8. The van der Waals surface area contributed by atoms with Crippen molar-refractivity contribution >= 4 is 17.8 Å². The van der Waals surface area contributed by atoms with E-state index < -0.39 is 36.2 Å². The van der Waals surface area contributed by atoms with Gasteiger partial charge in [0.05, 0.1) is 44.1 Å². The van der Waals surface area contributed by atoms with E-state index in [1.807, 2.05) is 30.3 Å². The van der Waals surface area contributed by atoms with E-state index in [1.165, 1.54) is 14.2 Å². The first kappa shape index (κ1) is 15.1. The average molecular weight is 331 g/mol. The SMILES string of the molecule is COC(=O)[C@H]1[C@H]2O[C@@H]3OC(c4ccccc4)=N[C@H]2[C@@H]3[C@H]1C(=O)OC. The lowest BCUT2D eigenvalue weighted by Crippen LogP contribution is -2.45. The second kappa shape index (κ2) is 5.59. The quantitative estimate of drug-likeness (QED) is 0.761. The molecule has 6 atom stereocenters. The van der Waals surface area contributed by atoms with Crippen LogP contribution in [-0.2, 0) is 28.5 Å². The zero-order chi connectivity index (χ0) is 16.8. The molecule has 0 N–H and O–H groups in total. The second-order valence-corrected chi connectivity index (χ2v) is 6.05. The molecule has 1 saturated heterocycles. The predicted octanol–water partition coefficient (Wildman–Crippen LogP) is 0.765. The summed E-state index contributed by atoms with van der Waals surface area (Å²) in [4.78, 5) is 29.0. The number of ether oxygens (including phenoxy) is 4. The molecule has 3 aliphatic rings. The van der Waals surface area contributed by atoms with Crippen molar-refractivity contribution in [3.05, 3.63) is 35.9 Å². The molecule has 1 aliphatic carbocycles. The molecular weight excluding hydrogens is 314 g/mol. The number of aliphatic imine (C=N–C) groups is 1. The second-order valence-electron chi connectivity index (χ2n) is 6.05. The maximum absolute atomic E-state index is 12.2. The number of carbonyl (C=O) groups is 2. The zero-order valence-corrected chi connectivity index (χ0v) is 13.2. The van der Waals surface area contributed by atoms with Gasteiger partial charge in [0.25, 0.3) is 0 Å². The van der Waals surface area contributed by atoms with Gasteiger partial charge in [-0.3, -0.25) is 9.59 Å². The van der Waals surface area contributed by atoms with Crippen molar-refractivity contribution in [1.82, 2.24) is 0 Å². The molecule has 2 fully saturated rings. The Kier molecular flexibility index (Phi) is 3.53. The molecule has 2 heterocycles. The van der Waals surface area contributed by atoms with Crippen LogP contribution in [0.2, 0.25) is 0 Å². The molecule has 7 heteroatoms. The summed E-state index contributed by atoms with van der Waals surface area (Å²) in [6, 6.07) is 9.14. The van der Waals surface area contributed by atoms with E-state index in [2.05, 4.69) is 4.99 Å². The highest BCUT2D eigenvalue weighted by Gasteiger charge is 2.68. The minimum absolute atomic E-state index is 0.327. The number of esters is 2. The molecule has 7 nitrogen and oxygen atoms in total. The minimum atomic E-state index is -0.726. The van der Waals surface area contributed by atoms with Gasteiger partial charge in [-0.05, 0) is 12.1 Å². The molecule has 126 valence electrons. The van der Waals surface area contributed by atoms with Crippen molar-refractivity contribution < 1.29 is 28.5 Å². The molecule has 1 aromatic carbocycles. The topological polar surface area (TPSA) is 83.4 Å². The monoisotopic (exact) mass is 331 g/mol. The van der Waals surface area contributed by atoms with Gasteiger partial charge in [0, 0.05) is 5.56 Å². The van der Waals surface area contributed by atoms with Crippen LogP contribution >= 0.6 is 0 Å². The molecule has 2 aliphatic heterocycles. The summed E-state index contributed by atoms with van der Waals surface area (Å²) in [6.07, 6.45) is -1.16. The Balaban J connectivity index is 1.71. The van der Waals surface area contributed by atoms with Gasteiger partial charge < -0.3 is 18.9 Å². The summed E-state index contributed by atoms with van der Waals surface area (Å²) in [5.74, 6) is -2.22. The van der Waals surface area contributed by atoms with Gasteiger partial charge in [0.2, 0.25) is 12.2 Å². The lowest BCUT2D eigenvalue weighted by Gasteiger charge is -2.33. The van der Waals surface area contributed by atoms with E-state index in [-0.39, 0.29) is 12.0 Å². The Bertz CT molecular complexity index is 702. The standard InChI is InChI=1S/C17H17NO6/c1-21-15(19)9-10-12-13(11(9)16(20)22-2)23-17(10)24-14(18-12)8-6-4-3-5-7-8/h3-7,9-13,17H,1-2H3/t9-,10+,11-,12+,13-,17-/m1/s1. The number of benzene rings is 1. The lowest BCUT2D eigenvalue weighted by atomic mass is 9.86. The molecule has 0 aromatic heterocycles. The van der Waals surface area contributed by atoms with E-state index in [0.717, 1.165) is 5.56 Å². The Morgan fingerprint density at radius 1 is 1.04 bits per heavy atom. The number of rotatable bonds is 3. The van der Waals surface area contributed by atoms with Gasteiger partial charge in [-0.2, -0.15) is 0 Å². The van der Waals surface area contributed by atoms with E-state index in [9.17, 15) is 9.59 Å². The van der Waals surface area contributed by atoms with Crippen LogP contribution in [0.5, 0.6) is 0 Å². The molecule has 1 aromatic rings. The third-order valence-electron chi connectivity index (χ3n) is 4.95. The Hall–Kier alpha value is -2.41. The molecule has 24 heavy (non-hydrogen) atoms. The van der Waals surface area contributed by atoms with Gasteiger partial charge >= 0.3 is 11.9 Å². The first-order chi connectivity index (χ1) is 11.7. The first-order valence-corrected chi connectivity index (χ1v) is 7.76. The van der Waals surface area contributed by atoms with Crippen LogP contribution in [0.3, 0.4) is 0 Å². The van der Waals surface area contributed by atoms with Crippen molar-refractivity contribution in [3.8, 4) is 0 Å². The summed E-state index contributed by atoms with van der Waals surface area (Å²) in [7, 11) is 2.60. The maximum atomic E-state index is 12.2. The summed E-state index contributed by atoms with van der Waals surface area (Å²) >= 11 is 0. The van der Waals surface area contributed by atoms with Crippen LogP contribution in [0.4, 0.5) is 0 Å². The number of carbonyl (C=O) groups excluding carboxylic acids is 2. The van der Waals surface area contributed by atoms with Gasteiger partial charge in [-0.1, -0.05) is 18.2 Å². The van der Waals surface area contributed by atoms with Gasteiger partial charge in [0.15, 0.2) is 0 Å². The molecule has 0 amide bonds. The molecule has 4 bridgehead atoms. The summed E-state index contributed by atoms with van der Waals surface area (Å²) in [6.45, 7) is 0. The van der Waals surface area contributed by atoms with Crippen LogP contribution in [0.15, 0.2) is 35.3 Å². The lowest BCUT2D eigenvalue weighted by molar-refractivity contribution is -0.190. The predicted molar refractivity (Wildman–Crippen MR) is 81.0 cm³/mol. The molecule has 0 radical (unpaired) electrons. The maximum Gasteiger partial charge on any atom is 0.312 e.